The van der Waals surface area contributed by atoms with Gasteiger partial charge >= 0.3 is 0 Å². The summed E-state index contributed by atoms with van der Waals surface area (Å²) in [7, 11) is 3.48. The molecule has 1 aromatic rings. The van der Waals surface area contributed by atoms with E-state index in [1.807, 2.05) is 6.08 Å². The lowest BCUT2D eigenvalue weighted by Crippen LogP contribution is -2.41. The van der Waals surface area contributed by atoms with E-state index < -0.39 is 6.04 Å². The van der Waals surface area contributed by atoms with Crippen LogP contribution < -0.4 is 5.73 Å². The smallest absolute Gasteiger partial charge is 0.244 e. The summed E-state index contributed by atoms with van der Waals surface area (Å²) in [6, 6.07) is -0.633. The molecule has 0 bridgehead atoms. The fourth-order valence-corrected chi connectivity index (χ4v) is 2.17. The molecule has 19 heavy (non-hydrogen) atoms. The second-order valence-corrected chi connectivity index (χ2v) is 4.75. The minimum atomic E-state index is -0.633. The van der Waals surface area contributed by atoms with Crippen LogP contribution in [-0.4, -0.2) is 47.4 Å². The van der Waals surface area contributed by atoms with Gasteiger partial charge in [0.2, 0.25) is 5.91 Å². The van der Waals surface area contributed by atoms with Crippen LogP contribution in [0.1, 0.15) is 18.0 Å². The van der Waals surface area contributed by atoms with E-state index >= 15 is 0 Å². The van der Waals surface area contributed by atoms with Crippen molar-refractivity contribution in [1.82, 2.24) is 14.7 Å². The number of amides is 1. The fraction of sp³-hybridized carbons (Fsp3) is 0.538. The summed E-state index contributed by atoms with van der Waals surface area (Å²) in [6.07, 6.45) is 6.30. The highest BCUT2D eigenvalue weighted by Gasteiger charge is 2.24. The molecule has 0 spiro atoms. The SMILES string of the molecule is COCC1=CCN(C(=O)C(N)c2cnn(C)c2)CC1. The van der Waals surface area contributed by atoms with E-state index in [2.05, 4.69) is 5.10 Å². The Morgan fingerprint density at radius 1 is 1.63 bits per heavy atom. The van der Waals surface area contributed by atoms with E-state index in [0.29, 0.717) is 19.7 Å². The number of carbonyl (C=O) groups is 1. The summed E-state index contributed by atoms with van der Waals surface area (Å²) in [5.74, 6) is -0.0549. The molecule has 0 aromatic carbocycles. The average molecular weight is 264 g/mol. The normalized spacial score (nSPS) is 17.2. The number of nitrogens with zero attached hydrogens (tertiary/aromatic N) is 3. The van der Waals surface area contributed by atoms with E-state index in [4.69, 9.17) is 10.5 Å². The second kappa shape index (κ2) is 5.99. The van der Waals surface area contributed by atoms with E-state index in [1.165, 1.54) is 5.57 Å². The Labute approximate surface area is 112 Å². The Bertz CT molecular complexity index is 481. The molecule has 0 saturated heterocycles. The first-order valence-corrected chi connectivity index (χ1v) is 6.31. The van der Waals surface area contributed by atoms with E-state index in [-0.39, 0.29) is 5.91 Å². The number of carbonyl (C=O) groups excluding carboxylic acids is 1. The van der Waals surface area contributed by atoms with Crippen LogP contribution in [0.25, 0.3) is 0 Å². The van der Waals surface area contributed by atoms with Crippen LogP contribution in [0.5, 0.6) is 0 Å². The quantitative estimate of drug-likeness (QED) is 0.790. The lowest BCUT2D eigenvalue weighted by atomic mass is 10.1. The number of rotatable bonds is 4. The average Bonchev–Trinajstić information content (AvgIpc) is 2.85. The fourth-order valence-electron chi connectivity index (χ4n) is 2.17. The molecule has 6 nitrogen and oxygen atoms in total. The van der Waals surface area contributed by atoms with Gasteiger partial charge < -0.3 is 15.4 Å². The number of hydrogen-bond acceptors (Lipinski definition) is 4. The van der Waals surface area contributed by atoms with E-state index in [1.54, 1.807) is 36.1 Å². The van der Waals surface area contributed by atoms with Gasteiger partial charge in [0.25, 0.3) is 0 Å². The molecule has 2 rings (SSSR count). The summed E-state index contributed by atoms with van der Waals surface area (Å²) in [5, 5.41) is 4.04. The van der Waals surface area contributed by atoms with Crippen molar-refractivity contribution in [2.24, 2.45) is 12.8 Å². The first-order valence-electron chi connectivity index (χ1n) is 6.31. The van der Waals surface area contributed by atoms with Crippen LogP contribution in [0.4, 0.5) is 0 Å². The number of aromatic nitrogens is 2. The molecule has 0 saturated carbocycles. The van der Waals surface area contributed by atoms with E-state index in [9.17, 15) is 4.79 Å². The Balaban J connectivity index is 1.98. The van der Waals surface area contributed by atoms with Crippen molar-refractivity contribution in [1.29, 1.82) is 0 Å². The number of hydrogen-bond donors (Lipinski definition) is 1. The first-order chi connectivity index (χ1) is 9.11. The molecule has 1 aliphatic heterocycles. The zero-order chi connectivity index (χ0) is 13.8. The molecule has 2 N–H and O–H groups in total. The van der Waals surface area contributed by atoms with E-state index in [0.717, 1.165) is 12.0 Å². The van der Waals surface area contributed by atoms with Gasteiger partial charge in [0.15, 0.2) is 0 Å². The van der Waals surface area contributed by atoms with Gasteiger partial charge in [-0.25, -0.2) is 0 Å². The molecule has 1 unspecified atom stereocenters. The monoisotopic (exact) mass is 264 g/mol. The van der Waals surface area contributed by atoms with Crippen LogP contribution >= 0.6 is 0 Å². The number of aryl methyl sites for hydroxylation is 1. The minimum absolute atomic E-state index is 0.0549. The topological polar surface area (TPSA) is 73.4 Å². The number of ether oxygens (including phenoxy) is 1. The highest BCUT2D eigenvalue weighted by molar-refractivity contribution is 5.83. The van der Waals surface area contributed by atoms with Gasteiger partial charge in [0.1, 0.15) is 6.04 Å². The maximum atomic E-state index is 12.3. The van der Waals surface area contributed by atoms with Gasteiger partial charge in [0.05, 0.1) is 12.8 Å². The van der Waals surface area contributed by atoms with Gasteiger partial charge in [-0.1, -0.05) is 6.08 Å². The molecular formula is C13H20N4O2. The Kier molecular flexibility index (Phi) is 4.34. The van der Waals surface area contributed by atoms with Crippen molar-refractivity contribution in [3.63, 3.8) is 0 Å². The molecule has 1 amide bonds. The Hall–Kier alpha value is -1.66. The van der Waals surface area contributed by atoms with Gasteiger partial charge in [-0.05, 0) is 12.0 Å². The lowest BCUT2D eigenvalue weighted by Gasteiger charge is -2.28. The summed E-state index contributed by atoms with van der Waals surface area (Å²) in [4.78, 5) is 14.1. The molecular weight excluding hydrogens is 244 g/mol. The minimum Gasteiger partial charge on any atom is -0.380 e. The van der Waals surface area contributed by atoms with Gasteiger partial charge in [-0.2, -0.15) is 5.10 Å². The van der Waals surface area contributed by atoms with Crippen LogP contribution in [0.3, 0.4) is 0 Å². The zero-order valence-corrected chi connectivity index (χ0v) is 11.4. The second-order valence-electron chi connectivity index (χ2n) is 4.75. The first kappa shape index (κ1) is 13.8. The third-order valence-corrected chi connectivity index (χ3v) is 3.29. The van der Waals surface area contributed by atoms with Crippen LogP contribution in [0.2, 0.25) is 0 Å². The van der Waals surface area contributed by atoms with Crippen molar-refractivity contribution in [2.75, 3.05) is 26.8 Å². The predicted octanol–water partition coefficient (Wildman–Crippen LogP) is 0.225. The Morgan fingerprint density at radius 2 is 2.42 bits per heavy atom. The lowest BCUT2D eigenvalue weighted by molar-refractivity contribution is -0.132. The van der Waals surface area contributed by atoms with Gasteiger partial charge in [-0.15, -0.1) is 0 Å². The molecule has 1 atom stereocenters. The van der Waals surface area contributed by atoms with Crippen LogP contribution in [0.15, 0.2) is 24.0 Å². The standard InChI is InChI=1S/C13H20N4O2/c1-16-8-11(7-15-16)12(14)13(18)17-5-3-10(4-6-17)9-19-2/h3,7-8,12H,4-6,9,14H2,1-2H3. The molecule has 0 fully saturated rings. The number of methoxy groups -OCH3 is 1. The predicted molar refractivity (Wildman–Crippen MR) is 71.3 cm³/mol. The Morgan fingerprint density at radius 3 is 2.95 bits per heavy atom. The van der Waals surface area contributed by atoms with Crippen molar-refractivity contribution >= 4 is 5.91 Å². The third kappa shape index (κ3) is 3.21. The van der Waals surface area contributed by atoms with Crippen molar-refractivity contribution in [3.8, 4) is 0 Å². The van der Waals surface area contributed by atoms with Crippen molar-refractivity contribution < 1.29 is 9.53 Å². The highest BCUT2D eigenvalue weighted by atomic mass is 16.5. The number of nitrogens with two attached hydrogens (primary N) is 1. The largest absolute Gasteiger partial charge is 0.380 e. The third-order valence-electron chi connectivity index (χ3n) is 3.29. The van der Waals surface area contributed by atoms with Crippen LogP contribution in [-0.2, 0) is 16.6 Å². The summed E-state index contributed by atoms with van der Waals surface area (Å²) >= 11 is 0. The van der Waals surface area contributed by atoms with Gasteiger partial charge in [-0.3, -0.25) is 9.48 Å². The summed E-state index contributed by atoms with van der Waals surface area (Å²) in [5.41, 5.74) is 7.97. The van der Waals surface area contributed by atoms with Gasteiger partial charge in [0, 0.05) is 39.0 Å². The van der Waals surface area contributed by atoms with Crippen LogP contribution in [0, 0.1) is 0 Å². The molecule has 0 aliphatic carbocycles. The molecule has 2 heterocycles. The maximum absolute atomic E-state index is 12.3. The molecule has 1 aliphatic rings. The molecule has 0 radical (unpaired) electrons. The summed E-state index contributed by atoms with van der Waals surface area (Å²) < 4.78 is 6.74. The maximum Gasteiger partial charge on any atom is 0.244 e. The molecule has 104 valence electrons. The van der Waals surface area contributed by atoms with Crippen molar-refractivity contribution in [3.05, 3.63) is 29.6 Å². The zero-order valence-electron chi connectivity index (χ0n) is 11.4. The summed E-state index contributed by atoms with van der Waals surface area (Å²) in [6.45, 7) is 1.93. The molecule has 1 aromatic heterocycles. The van der Waals surface area contributed by atoms with Crippen molar-refractivity contribution in [2.45, 2.75) is 12.5 Å². The highest BCUT2D eigenvalue weighted by Crippen LogP contribution is 2.16. The molecule has 6 heteroatoms.